The summed E-state index contributed by atoms with van der Waals surface area (Å²) in [6, 6.07) is 4.40. The van der Waals surface area contributed by atoms with E-state index in [1.54, 1.807) is 38.1 Å². The van der Waals surface area contributed by atoms with Gasteiger partial charge in [0.1, 0.15) is 67.5 Å². The standard InChI is InChI=1S/C51H61F2N13O19P2S2/c1-25(2)37(61-32(67)8-6-5-7-15-64-33(68)13-14-34(64)69)47(73)59-26(3)45(71)60-28-11-9-27(10-12-28)19-79-51(75)63(4)16-17-78-50(74)62-42-38-44(56-22-54-42)66(24-58-38)48-36(53)40-31(83-48)21-81-87(77,89)85-41-39(70)30(20-80-86(76,88)84-40)82-49(41)65-18-29(52)35-43(65)55-23-57-46(35)72/h9-14,18,22-26,30-31,36-37,39-41,48-49,70H,5-8,15-17,19-21H2,1-4H3,(H,59,73)(H,60,71)(H,61,67)(H,76,88)(H,77,89)(H,55,57,72)(H,54,56,62,74)/t26-,30+,31+,36+,37-,39?,40+,41+,48+,49+,86?,87?/m0/s1. The first-order valence-corrected chi connectivity index (χ1v) is 32.8. The molecule has 480 valence electrons. The fourth-order valence-electron chi connectivity index (χ4n) is 9.67. The highest BCUT2D eigenvalue weighted by Gasteiger charge is 2.54. The molecular formula is C51H61F2N13O19P2S2. The molecule has 7 N–H and O–H groups in total. The zero-order valence-corrected chi connectivity index (χ0v) is 51.1. The van der Waals surface area contributed by atoms with Crippen molar-refractivity contribution in [2.24, 2.45) is 5.92 Å². The summed E-state index contributed by atoms with van der Waals surface area (Å²) in [5, 5.41) is 21.3. The van der Waals surface area contributed by atoms with Gasteiger partial charge in [-0.2, -0.15) is 0 Å². The lowest BCUT2D eigenvalue weighted by molar-refractivity contribution is -0.137. The second-order valence-corrected chi connectivity index (χ2v) is 26.7. The number of amides is 7. The van der Waals surface area contributed by atoms with E-state index in [1.165, 1.54) is 26.1 Å². The van der Waals surface area contributed by atoms with Crippen molar-refractivity contribution < 1.29 is 94.0 Å². The number of fused-ring (bicyclic) bond motifs is 5. The number of benzene rings is 1. The number of hydrogen-bond acceptors (Lipinski definition) is 23. The van der Waals surface area contributed by atoms with Crippen LogP contribution in [0.3, 0.4) is 0 Å². The van der Waals surface area contributed by atoms with Gasteiger partial charge in [-0.3, -0.25) is 57.1 Å². The molecule has 4 aliphatic heterocycles. The summed E-state index contributed by atoms with van der Waals surface area (Å²) >= 11 is 9.29. The monoisotopic (exact) mass is 1320 g/mol. The number of imide groups is 1. The number of aliphatic hydroxyl groups excluding tert-OH is 1. The molecule has 1 aromatic carbocycles. The number of imidazole rings is 1. The summed E-state index contributed by atoms with van der Waals surface area (Å²) in [6.45, 7) is -6.04. The molecule has 0 saturated carbocycles. The van der Waals surface area contributed by atoms with E-state index in [9.17, 15) is 52.9 Å². The summed E-state index contributed by atoms with van der Waals surface area (Å²) in [7, 11) is 1.40. The number of likely N-dealkylation sites (N-methyl/N-ethyl adjacent to an activating group) is 1. The zero-order valence-electron chi connectivity index (χ0n) is 47.6. The van der Waals surface area contributed by atoms with E-state index in [-0.39, 0.29) is 79.0 Å². The van der Waals surface area contributed by atoms with Crippen molar-refractivity contribution in [3.05, 3.63) is 83.3 Å². The Labute approximate surface area is 513 Å². The maximum atomic E-state index is 16.7. The lowest BCUT2D eigenvalue weighted by atomic mass is 10.0. The topological polar surface area (TPSA) is 400 Å². The van der Waals surface area contributed by atoms with Crippen LogP contribution in [-0.2, 0) is 84.0 Å². The number of alkyl halides is 1. The normalized spacial score (nSPS) is 26.0. The third-order valence-corrected chi connectivity index (χ3v) is 17.5. The maximum Gasteiger partial charge on any atom is 0.412 e. The largest absolute Gasteiger partial charge is 0.447 e. The van der Waals surface area contributed by atoms with E-state index in [0.717, 1.165) is 44.1 Å². The number of aliphatic hydroxyl groups is 1. The molecule has 4 aromatic heterocycles. The van der Waals surface area contributed by atoms with Crippen molar-refractivity contribution in [3.63, 3.8) is 0 Å². The number of rotatable bonds is 20. The van der Waals surface area contributed by atoms with Gasteiger partial charge in [-0.25, -0.2) is 42.9 Å². The van der Waals surface area contributed by atoms with Gasteiger partial charge in [0.05, 0.1) is 32.4 Å². The third-order valence-electron chi connectivity index (χ3n) is 14.3. The van der Waals surface area contributed by atoms with E-state index in [4.69, 9.17) is 48.8 Å². The first-order chi connectivity index (χ1) is 42.3. The molecule has 5 aromatic rings. The molecule has 9 rings (SSSR count). The zero-order chi connectivity index (χ0) is 64.1. The summed E-state index contributed by atoms with van der Waals surface area (Å²) in [4.78, 5) is 133. The predicted octanol–water partition coefficient (Wildman–Crippen LogP) is 3.16. The van der Waals surface area contributed by atoms with Crippen LogP contribution in [0.4, 0.5) is 29.9 Å². The average Bonchev–Trinajstić information content (AvgIpc) is 1.67. The van der Waals surface area contributed by atoms with Gasteiger partial charge in [0.15, 0.2) is 47.1 Å². The Morgan fingerprint density at radius 1 is 0.888 bits per heavy atom. The Balaban J connectivity index is 0.716. The minimum absolute atomic E-state index is 0.0786. The average molecular weight is 1320 g/mol. The van der Waals surface area contributed by atoms with E-state index in [2.05, 4.69) is 58.4 Å². The van der Waals surface area contributed by atoms with Gasteiger partial charge in [-0.15, -0.1) is 0 Å². The molecule has 2 bridgehead atoms. The van der Waals surface area contributed by atoms with Gasteiger partial charge >= 0.3 is 25.7 Å². The van der Waals surface area contributed by atoms with Crippen LogP contribution in [0.5, 0.6) is 0 Å². The number of halogens is 2. The number of nitrogens with zero attached hydrogens (tertiary/aromatic N) is 8. The Kier molecular flexibility index (Phi) is 21.1. The molecule has 0 radical (unpaired) electrons. The van der Waals surface area contributed by atoms with Crippen LogP contribution in [-0.4, -0.2) is 184 Å². The Bertz CT molecular complexity index is 3680. The van der Waals surface area contributed by atoms with Crippen molar-refractivity contribution in [3.8, 4) is 0 Å². The fourth-order valence-corrected chi connectivity index (χ4v) is 12.6. The summed E-state index contributed by atoms with van der Waals surface area (Å²) < 4.78 is 92.6. The second kappa shape index (κ2) is 28.3. The molecule has 7 amide bonds. The number of aromatic amines is 1. The molecule has 4 aliphatic rings. The Morgan fingerprint density at radius 2 is 1.61 bits per heavy atom. The molecule has 3 unspecified atom stereocenters. The maximum absolute atomic E-state index is 16.7. The number of carbonyl (C=O) groups is 7. The number of H-pyrrole nitrogens is 1. The lowest BCUT2D eigenvalue weighted by Crippen LogP contribution is -2.53. The number of hydrogen-bond donors (Lipinski definition) is 8. The van der Waals surface area contributed by atoms with Crippen LogP contribution in [0.1, 0.15) is 64.5 Å². The van der Waals surface area contributed by atoms with Gasteiger partial charge in [0, 0.05) is 44.0 Å². The number of aromatic nitrogens is 7. The van der Waals surface area contributed by atoms with Crippen molar-refractivity contribution >= 4 is 113 Å². The highest BCUT2D eigenvalue weighted by atomic mass is 32.7. The molecule has 8 heterocycles. The number of carbonyl (C=O) groups excluding carboxylic acids is 7. The van der Waals surface area contributed by atoms with E-state index in [1.807, 2.05) is 0 Å². The molecule has 0 spiro atoms. The van der Waals surface area contributed by atoms with Gasteiger partial charge in [0.2, 0.25) is 17.7 Å². The number of unbranched alkanes of at least 4 members (excludes halogenated alkanes) is 2. The molecule has 3 saturated heterocycles. The summed E-state index contributed by atoms with van der Waals surface area (Å²) in [6.07, 6.45) is -7.39. The summed E-state index contributed by atoms with van der Waals surface area (Å²) in [5.74, 6) is -3.71. The van der Waals surface area contributed by atoms with E-state index >= 15 is 8.78 Å². The highest BCUT2D eigenvalue weighted by Crippen LogP contribution is 2.58. The SMILES string of the molecule is CC(C)[C@H](NC(=O)CCCCCN1C(=O)C=CC1=O)C(=O)N[C@@H](C)C(=O)Nc1ccc(COC(=O)N(C)CCOC(=O)Nc2ncnc3c2ncn3[C@@H]2O[C@@H]3COP(=O)(S)O[C@@H]4C(O)[C@@H](COP(O)(=S)O[C@H]3[C@H]2F)O[C@H]4n2cc(F)c3c(=O)[nH]cnc32)cc1. The van der Waals surface area contributed by atoms with Crippen molar-refractivity contribution in [1.82, 2.24) is 54.5 Å². The lowest BCUT2D eigenvalue weighted by Gasteiger charge is -2.27. The molecule has 32 nitrogen and oxygen atoms in total. The second-order valence-electron chi connectivity index (χ2n) is 21.0. The Hall–Kier alpha value is -7.21. The number of thiol groups is 1. The number of anilines is 2. The predicted molar refractivity (Wildman–Crippen MR) is 311 cm³/mol. The minimum Gasteiger partial charge on any atom is -0.447 e. The van der Waals surface area contributed by atoms with Crippen LogP contribution in [0.2, 0.25) is 0 Å². The van der Waals surface area contributed by atoms with Crippen molar-refractivity contribution in [2.45, 2.75) is 114 Å². The highest BCUT2D eigenvalue weighted by molar-refractivity contribution is 8.44. The van der Waals surface area contributed by atoms with E-state index in [0.29, 0.717) is 30.5 Å². The van der Waals surface area contributed by atoms with Crippen LogP contribution in [0, 0.1) is 11.7 Å². The van der Waals surface area contributed by atoms with Crippen LogP contribution >= 0.6 is 25.8 Å². The van der Waals surface area contributed by atoms with E-state index < -0.39 is 129 Å². The number of nitrogens with one attached hydrogen (secondary N) is 5. The minimum atomic E-state index is -4.62. The van der Waals surface area contributed by atoms with Crippen LogP contribution in [0.25, 0.3) is 22.2 Å². The number of ether oxygens (including phenoxy) is 4. The molecule has 38 heteroatoms. The van der Waals surface area contributed by atoms with Crippen molar-refractivity contribution in [2.75, 3.05) is 50.6 Å². The van der Waals surface area contributed by atoms with Gasteiger partial charge < -0.3 is 63.9 Å². The molecule has 89 heavy (non-hydrogen) atoms. The molecular weight excluding hydrogens is 1260 g/mol. The third kappa shape index (κ3) is 15.9. The van der Waals surface area contributed by atoms with Crippen LogP contribution in [0.15, 0.2) is 66.4 Å². The van der Waals surface area contributed by atoms with Gasteiger partial charge in [-0.1, -0.05) is 44.6 Å². The first kappa shape index (κ1) is 66.2. The van der Waals surface area contributed by atoms with Crippen LogP contribution < -0.4 is 26.8 Å². The first-order valence-electron chi connectivity index (χ1n) is 27.5. The smallest absolute Gasteiger partial charge is 0.412 e. The fraction of sp³-hybridized carbons (Fsp3) is 0.490. The Morgan fingerprint density at radius 3 is 2.34 bits per heavy atom. The molecule has 3 fully saturated rings. The quantitative estimate of drug-likeness (QED) is 0.0240. The molecule has 0 aliphatic carbocycles. The van der Waals surface area contributed by atoms with Gasteiger partial charge in [-0.05, 0) is 55.2 Å². The summed E-state index contributed by atoms with van der Waals surface area (Å²) in [5.41, 5.74) is -0.317. The van der Waals surface area contributed by atoms with Crippen molar-refractivity contribution in [1.29, 1.82) is 0 Å². The van der Waals surface area contributed by atoms with Gasteiger partial charge in [0.25, 0.3) is 17.4 Å². The molecule has 12 atom stereocenters.